The molecule has 2 aromatic rings. The van der Waals surface area contributed by atoms with Gasteiger partial charge in [0, 0.05) is 37.3 Å². The van der Waals surface area contributed by atoms with E-state index in [0.29, 0.717) is 12.0 Å². The fourth-order valence-electron chi connectivity index (χ4n) is 3.41. The first-order valence-corrected chi connectivity index (χ1v) is 7.90. The molecule has 3 heterocycles. The first-order chi connectivity index (χ1) is 10.3. The summed E-state index contributed by atoms with van der Waals surface area (Å²) >= 11 is 0. The molecule has 0 amide bonds. The van der Waals surface area contributed by atoms with E-state index in [0.717, 1.165) is 31.0 Å². The Balaban J connectivity index is 1.83. The Labute approximate surface area is 124 Å². The number of pyridine rings is 1. The molecule has 2 aromatic heterocycles. The fraction of sp³-hybridized carbons (Fsp3) is 0.562. The lowest BCUT2D eigenvalue weighted by atomic mass is 9.79. The van der Waals surface area contributed by atoms with Crippen LogP contribution in [0.1, 0.15) is 37.7 Å². The summed E-state index contributed by atoms with van der Waals surface area (Å²) in [6.07, 6.45) is 9.45. The normalized spacial score (nSPS) is 23.3. The van der Waals surface area contributed by atoms with Gasteiger partial charge in [-0.15, -0.1) is 0 Å². The summed E-state index contributed by atoms with van der Waals surface area (Å²) in [6.45, 7) is 5.24. The van der Waals surface area contributed by atoms with Crippen molar-refractivity contribution >= 4 is 16.7 Å². The average molecular weight is 283 g/mol. The SMILES string of the molecule is C[C@H]1CN(c2ncnc3cncc(C4CCC4)c23)CCN1. The highest BCUT2D eigenvalue weighted by atomic mass is 15.2. The van der Waals surface area contributed by atoms with Crippen LogP contribution in [0.15, 0.2) is 18.7 Å². The molecule has 4 rings (SSSR count). The van der Waals surface area contributed by atoms with Crippen LogP contribution in [0.2, 0.25) is 0 Å². The van der Waals surface area contributed by atoms with Crippen molar-refractivity contribution in [1.29, 1.82) is 0 Å². The summed E-state index contributed by atoms with van der Waals surface area (Å²) in [7, 11) is 0. The Kier molecular flexibility index (Phi) is 3.22. The summed E-state index contributed by atoms with van der Waals surface area (Å²) in [5.74, 6) is 1.74. The van der Waals surface area contributed by atoms with Gasteiger partial charge in [-0.25, -0.2) is 9.97 Å². The van der Waals surface area contributed by atoms with Crippen LogP contribution in [0.4, 0.5) is 5.82 Å². The lowest BCUT2D eigenvalue weighted by Crippen LogP contribution is -2.49. The topological polar surface area (TPSA) is 53.9 Å². The molecule has 5 nitrogen and oxygen atoms in total. The van der Waals surface area contributed by atoms with Crippen molar-refractivity contribution in [3.63, 3.8) is 0 Å². The molecule has 1 aliphatic carbocycles. The minimum Gasteiger partial charge on any atom is -0.353 e. The van der Waals surface area contributed by atoms with E-state index in [4.69, 9.17) is 0 Å². The van der Waals surface area contributed by atoms with E-state index >= 15 is 0 Å². The van der Waals surface area contributed by atoms with Gasteiger partial charge in [-0.05, 0) is 31.2 Å². The van der Waals surface area contributed by atoms with E-state index in [1.807, 2.05) is 12.4 Å². The molecule has 0 bridgehead atoms. The number of rotatable bonds is 2. The van der Waals surface area contributed by atoms with Crippen LogP contribution in [-0.4, -0.2) is 40.6 Å². The third-order valence-electron chi connectivity index (χ3n) is 4.77. The lowest BCUT2D eigenvalue weighted by molar-refractivity contribution is 0.421. The smallest absolute Gasteiger partial charge is 0.140 e. The zero-order valence-corrected chi connectivity index (χ0v) is 12.4. The van der Waals surface area contributed by atoms with Crippen LogP contribution < -0.4 is 10.2 Å². The van der Waals surface area contributed by atoms with Gasteiger partial charge in [0.1, 0.15) is 12.1 Å². The van der Waals surface area contributed by atoms with Crippen molar-refractivity contribution in [2.45, 2.75) is 38.1 Å². The predicted molar refractivity (Wildman–Crippen MR) is 83.6 cm³/mol. The summed E-state index contributed by atoms with van der Waals surface area (Å²) in [5, 5.41) is 4.72. The van der Waals surface area contributed by atoms with Gasteiger partial charge in [0.25, 0.3) is 0 Å². The standard InChI is InChI=1S/C16H21N5/c1-11-9-21(6-5-18-11)16-15-13(12-3-2-4-12)7-17-8-14(15)19-10-20-16/h7-8,10-12,18H,2-6,9H2,1H3/t11-/m0/s1. The third-order valence-corrected chi connectivity index (χ3v) is 4.77. The number of anilines is 1. The van der Waals surface area contributed by atoms with E-state index < -0.39 is 0 Å². The van der Waals surface area contributed by atoms with Crippen LogP contribution in [0.25, 0.3) is 10.9 Å². The second-order valence-electron chi connectivity index (χ2n) is 6.25. The molecule has 0 radical (unpaired) electrons. The Morgan fingerprint density at radius 3 is 2.90 bits per heavy atom. The minimum atomic E-state index is 0.498. The molecule has 1 aliphatic heterocycles. The van der Waals surface area contributed by atoms with Crippen molar-refractivity contribution in [2.24, 2.45) is 0 Å². The number of aromatic nitrogens is 3. The summed E-state index contributed by atoms with van der Waals surface area (Å²) in [6, 6.07) is 0.498. The average Bonchev–Trinajstić information content (AvgIpc) is 2.45. The van der Waals surface area contributed by atoms with Gasteiger partial charge in [0.05, 0.1) is 11.7 Å². The van der Waals surface area contributed by atoms with Crippen molar-refractivity contribution in [1.82, 2.24) is 20.3 Å². The maximum atomic E-state index is 4.63. The zero-order valence-electron chi connectivity index (χ0n) is 12.4. The molecule has 1 N–H and O–H groups in total. The number of nitrogens with zero attached hydrogens (tertiary/aromatic N) is 4. The molecule has 1 saturated carbocycles. The molecule has 0 unspecified atom stereocenters. The number of hydrogen-bond donors (Lipinski definition) is 1. The van der Waals surface area contributed by atoms with Crippen LogP contribution in [0.5, 0.6) is 0 Å². The third kappa shape index (κ3) is 2.25. The second-order valence-corrected chi connectivity index (χ2v) is 6.25. The van der Waals surface area contributed by atoms with Crippen LogP contribution in [0.3, 0.4) is 0 Å². The maximum Gasteiger partial charge on any atom is 0.140 e. The fourth-order valence-corrected chi connectivity index (χ4v) is 3.41. The molecule has 0 spiro atoms. The van der Waals surface area contributed by atoms with Gasteiger partial charge in [0.15, 0.2) is 0 Å². The lowest BCUT2D eigenvalue weighted by Gasteiger charge is -2.34. The molecule has 2 fully saturated rings. The molecule has 5 heteroatoms. The molecule has 110 valence electrons. The van der Waals surface area contributed by atoms with Crippen molar-refractivity contribution in [2.75, 3.05) is 24.5 Å². The molecule has 2 aliphatic rings. The van der Waals surface area contributed by atoms with Crippen molar-refractivity contribution in [3.8, 4) is 0 Å². The Morgan fingerprint density at radius 2 is 2.14 bits per heavy atom. The van der Waals surface area contributed by atoms with Gasteiger partial charge >= 0.3 is 0 Å². The van der Waals surface area contributed by atoms with E-state index in [1.54, 1.807) is 6.33 Å². The molecule has 1 saturated heterocycles. The Hall–Kier alpha value is -1.75. The second kappa shape index (κ2) is 5.22. The largest absolute Gasteiger partial charge is 0.353 e. The highest BCUT2D eigenvalue weighted by Gasteiger charge is 2.26. The monoisotopic (exact) mass is 283 g/mol. The molecule has 21 heavy (non-hydrogen) atoms. The van der Waals surface area contributed by atoms with Crippen LogP contribution in [0, 0.1) is 0 Å². The van der Waals surface area contributed by atoms with Gasteiger partial charge < -0.3 is 10.2 Å². The van der Waals surface area contributed by atoms with Gasteiger partial charge in [-0.3, -0.25) is 4.98 Å². The summed E-state index contributed by atoms with van der Waals surface area (Å²) in [5.41, 5.74) is 2.33. The molecule has 0 aromatic carbocycles. The van der Waals surface area contributed by atoms with Crippen molar-refractivity contribution in [3.05, 3.63) is 24.3 Å². The number of hydrogen-bond acceptors (Lipinski definition) is 5. The molecular formula is C16H21N5. The number of piperazine rings is 1. The summed E-state index contributed by atoms with van der Waals surface area (Å²) in [4.78, 5) is 15.9. The first kappa shape index (κ1) is 13.0. The highest BCUT2D eigenvalue weighted by Crippen LogP contribution is 2.41. The predicted octanol–water partition coefficient (Wildman–Crippen LogP) is 2.09. The quantitative estimate of drug-likeness (QED) is 0.914. The van der Waals surface area contributed by atoms with Crippen molar-refractivity contribution < 1.29 is 0 Å². The molecular weight excluding hydrogens is 262 g/mol. The van der Waals surface area contributed by atoms with Crippen LogP contribution >= 0.6 is 0 Å². The first-order valence-electron chi connectivity index (χ1n) is 7.90. The summed E-state index contributed by atoms with van der Waals surface area (Å²) < 4.78 is 0. The highest BCUT2D eigenvalue weighted by molar-refractivity contribution is 5.92. The number of nitrogens with one attached hydrogen (secondary N) is 1. The minimum absolute atomic E-state index is 0.498. The Morgan fingerprint density at radius 1 is 1.24 bits per heavy atom. The van der Waals surface area contributed by atoms with Gasteiger partial charge in [0.2, 0.25) is 0 Å². The van der Waals surface area contributed by atoms with E-state index in [9.17, 15) is 0 Å². The van der Waals surface area contributed by atoms with E-state index in [1.165, 1.54) is 30.2 Å². The van der Waals surface area contributed by atoms with Crippen LogP contribution in [-0.2, 0) is 0 Å². The maximum absolute atomic E-state index is 4.63. The Bertz CT molecular complexity index is 647. The van der Waals surface area contributed by atoms with E-state index in [-0.39, 0.29) is 0 Å². The zero-order chi connectivity index (χ0) is 14.2. The number of fused-ring (bicyclic) bond motifs is 1. The molecule has 1 atom stereocenters. The van der Waals surface area contributed by atoms with Gasteiger partial charge in [-0.1, -0.05) is 6.42 Å². The van der Waals surface area contributed by atoms with E-state index in [2.05, 4.69) is 32.1 Å². The van der Waals surface area contributed by atoms with Gasteiger partial charge in [-0.2, -0.15) is 0 Å².